The zero-order chi connectivity index (χ0) is 23.7. The number of carbonyl (C=O) groups is 1. The van der Waals surface area contributed by atoms with E-state index in [1.54, 1.807) is 17.0 Å². The van der Waals surface area contributed by atoms with Gasteiger partial charge in [0.15, 0.2) is 0 Å². The van der Waals surface area contributed by atoms with Crippen LogP contribution in [-0.2, 0) is 6.54 Å². The molecule has 0 fully saturated rings. The molecule has 1 N–H and O–H groups in total. The fourth-order valence-electron chi connectivity index (χ4n) is 4.19. The zero-order valence-electron chi connectivity index (χ0n) is 18.8. The second kappa shape index (κ2) is 8.94. The molecule has 170 valence electrons. The topological polar surface area (TPSA) is 71.3 Å². The van der Waals surface area contributed by atoms with Crippen LogP contribution in [0.2, 0.25) is 0 Å². The third-order valence-corrected chi connectivity index (χ3v) is 5.91. The van der Waals surface area contributed by atoms with Crippen molar-refractivity contribution in [3.8, 4) is 11.4 Å². The van der Waals surface area contributed by atoms with Crippen LogP contribution >= 0.6 is 0 Å². The number of amides is 2. The average Bonchev–Trinajstić information content (AvgIpc) is 3.32. The lowest BCUT2D eigenvalue weighted by atomic mass is 9.94. The summed E-state index contributed by atoms with van der Waals surface area (Å²) >= 11 is 0. The van der Waals surface area contributed by atoms with Crippen LogP contribution in [0.15, 0.2) is 89.1 Å². The van der Waals surface area contributed by atoms with Crippen molar-refractivity contribution < 1.29 is 13.7 Å². The summed E-state index contributed by atoms with van der Waals surface area (Å²) in [5.74, 6) is 0.320. The van der Waals surface area contributed by atoms with Gasteiger partial charge in [-0.2, -0.15) is 4.98 Å². The van der Waals surface area contributed by atoms with E-state index in [4.69, 9.17) is 4.52 Å². The number of aromatic nitrogens is 2. The Kier molecular flexibility index (Phi) is 5.67. The van der Waals surface area contributed by atoms with Gasteiger partial charge in [-0.3, -0.25) is 4.90 Å². The molecule has 0 spiro atoms. The molecule has 3 aromatic carbocycles. The van der Waals surface area contributed by atoms with Gasteiger partial charge in [0.05, 0.1) is 18.2 Å². The third-order valence-electron chi connectivity index (χ3n) is 5.91. The van der Waals surface area contributed by atoms with Crippen molar-refractivity contribution in [1.82, 2.24) is 20.4 Å². The van der Waals surface area contributed by atoms with Gasteiger partial charge in [0.2, 0.25) is 5.82 Å². The van der Waals surface area contributed by atoms with Crippen LogP contribution in [0.5, 0.6) is 0 Å². The van der Waals surface area contributed by atoms with E-state index in [9.17, 15) is 9.18 Å². The lowest BCUT2D eigenvalue weighted by Gasteiger charge is -2.35. The molecule has 5 rings (SSSR count). The highest BCUT2D eigenvalue weighted by atomic mass is 19.1. The Morgan fingerprint density at radius 1 is 1.00 bits per heavy atom. The summed E-state index contributed by atoms with van der Waals surface area (Å²) in [5.41, 5.74) is 5.14. The van der Waals surface area contributed by atoms with Crippen molar-refractivity contribution in [1.29, 1.82) is 0 Å². The van der Waals surface area contributed by atoms with Gasteiger partial charge in [-0.1, -0.05) is 65.3 Å². The Hall–Kier alpha value is -4.26. The number of hydrogen-bond donors (Lipinski definition) is 1. The van der Waals surface area contributed by atoms with E-state index in [1.165, 1.54) is 12.1 Å². The normalized spacial score (nSPS) is 16.0. The minimum absolute atomic E-state index is 0.199. The zero-order valence-corrected chi connectivity index (χ0v) is 18.8. The molecule has 2 heterocycles. The number of aryl methyl sites for hydroxylation is 1. The van der Waals surface area contributed by atoms with E-state index >= 15 is 0 Å². The molecule has 7 heteroatoms. The number of halogens is 1. The van der Waals surface area contributed by atoms with Gasteiger partial charge in [0, 0.05) is 11.3 Å². The summed E-state index contributed by atoms with van der Waals surface area (Å²) in [4.78, 5) is 19.5. The molecule has 1 aliphatic rings. The Morgan fingerprint density at radius 2 is 1.76 bits per heavy atom. The molecular weight excluding hydrogens is 431 g/mol. The maximum absolute atomic E-state index is 13.4. The van der Waals surface area contributed by atoms with Crippen LogP contribution < -0.4 is 5.32 Å². The van der Waals surface area contributed by atoms with Gasteiger partial charge in [-0.15, -0.1) is 0 Å². The monoisotopic (exact) mass is 454 g/mol. The molecular formula is C27H23FN4O2. The van der Waals surface area contributed by atoms with Crippen molar-refractivity contribution in [3.63, 3.8) is 0 Å². The van der Waals surface area contributed by atoms with Gasteiger partial charge in [-0.05, 0) is 49.2 Å². The van der Waals surface area contributed by atoms with Gasteiger partial charge < -0.3 is 9.84 Å². The summed E-state index contributed by atoms with van der Waals surface area (Å²) in [7, 11) is 0. The fraction of sp³-hybridized carbons (Fsp3) is 0.148. The SMILES string of the molecule is CC1=C(c2nc(-c3ccc(F)cc3)no2)C(c2ccccc2)NC(=O)N1Cc1cccc(C)c1. The number of hydrogen-bond acceptors (Lipinski definition) is 4. The molecule has 1 atom stereocenters. The molecule has 0 aliphatic carbocycles. The Bertz CT molecular complexity index is 1360. The molecule has 0 saturated heterocycles. The highest BCUT2D eigenvalue weighted by Gasteiger charge is 2.35. The highest BCUT2D eigenvalue weighted by Crippen LogP contribution is 2.37. The number of nitrogens with zero attached hydrogens (tertiary/aromatic N) is 3. The predicted octanol–water partition coefficient (Wildman–Crippen LogP) is 5.88. The molecule has 1 unspecified atom stereocenters. The average molecular weight is 455 g/mol. The van der Waals surface area contributed by atoms with Crippen LogP contribution in [-0.4, -0.2) is 21.1 Å². The second-order valence-electron chi connectivity index (χ2n) is 8.30. The number of allylic oxidation sites excluding steroid dienone is 1. The first-order chi connectivity index (χ1) is 16.5. The lowest BCUT2D eigenvalue weighted by molar-refractivity contribution is 0.203. The first kappa shape index (κ1) is 21.6. The van der Waals surface area contributed by atoms with E-state index in [0.717, 1.165) is 28.0 Å². The van der Waals surface area contributed by atoms with E-state index in [2.05, 4.69) is 21.5 Å². The summed E-state index contributed by atoms with van der Waals surface area (Å²) in [6.07, 6.45) is 0. The molecule has 34 heavy (non-hydrogen) atoms. The van der Waals surface area contributed by atoms with Gasteiger partial charge >= 0.3 is 6.03 Å². The molecule has 0 bridgehead atoms. The van der Waals surface area contributed by atoms with Crippen molar-refractivity contribution in [2.75, 3.05) is 0 Å². The van der Waals surface area contributed by atoms with E-state index in [0.29, 0.717) is 23.8 Å². The van der Waals surface area contributed by atoms with E-state index < -0.39 is 6.04 Å². The lowest BCUT2D eigenvalue weighted by Crippen LogP contribution is -2.45. The van der Waals surface area contributed by atoms with Gasteiger partial charge in [-0.25, -0.2) is 9.18 Å². The Labute approximate surface area is 196 Å². The first-order valence-electron chi connectivity index (χ1n) is 11.0. The number of urea groups is 1. The molecule has 2 amide bonds. The van der Waals surface area contributed by atoms with Crippen LogP contribution in [0.1, 0.15) is 35.5 Å². The predicted molar refractivity (Wildman–Crippen MR) is 127 cm³/mol. The Morgan fingerprint density at radius 3 is 2.50 bits per heavy atom. The second-order valence-corrected chi connectivity index (χ2v) is 8.30. The fourth-order valence-corrected chi connectivity index (χ4v) is 4.19. The number of benzene rings is 3. The number of rotatable bonds is 5. The van der Waals surface area contributed by atoms with Crippen molar-refractivity contribution >= 4 is 11.6 Å². The molecule has 6 nitrogen and oxygen atoms in total. The smallest absolute Gasteiger partial charge is 0.322 e. The van der Waals surface area contributed by atoms with Crippen molar-refractivity contribution in [2.45, 2.75) is 26.4 Å². The molecule has 1 aromatic heterocycles. The standard InChI is InChI=1S/C27H23FN4O2/c1-17-7-6-8-19(15-17)16-32-18(2)23(24(29-27(32)33)20-9-4-3-5-10-20)26-30-25(31-34-26)21-11-13-22(28)14-12-21/h3-15,24H,16H2,1-2H3,(H,29,33). The van der Waals surface area contributed by atoms with Gasteiger partial charge in [0.1, 0.15) is 5.82 Å². The Balaban J connectivity index is 1.59. The van der Waals surface area contributed by atoms with E-state index in [-0.39, 0.29) is 11.8 Å². The molecule has 1 aliphatic heterocycles. The van der Waals surface area contributed by atoms with E-state index in [1.807, 2.05) is 62.4 Å². The minimum Gasteiger partial charge on any atom is -0.334 e. The quantitative estimate of drug-likeness (QED) is 0.409. The van der Waals surface area contributed by atoms with Crippen LogP contribution in [0, 0.1) is 12.7 Å². The molecule has 0 saturated carbocycles. The summed E-state index contributed by atoms with van der Waals surface area (Å²) in [5, 5.41) is 7.22. The largest absolute Gasteiger partial charge is 0.334 e. The van der Waals surface area contributed by atoms with Crippen LogP contribution in [0.3, 0.4) is 0 Å². The summed E-state index contributed by atoms with van der Waals surface area (Å²) in [6.45, 7) is 4.32. The summed E-state index contributed by atoms with van der Waals surface area (Å²) in [6, 6.07) is 23.0. The van der Waals surface area contributed by atoms with Crippen molar-refractivity contribution in [3.05, 3.63) is 113 Å². The maximum atomic E-state index is 13.4. The summed E-state index contributed by atoms with van der Waals surface area (Å²) < 4.78 is 19.0. The highest BCUT2D eigenvalue weighted by molar-refractivity contribution is 5.86. The van der Waals surface area contributed by atoms with Gasteiger partial charge in [0.25, 0.3) is 5.89 Å². The molecule has 4 aromatic rings. The first-order valence-corrected chi connectivity index (χ1v) is 11.0. The molecule has 0 radical (unpaired) electrons. The minimum atomic E-state index is -0.455. The maximum Gasteiger partial charge on any atom is 0.322 e. The van der Waals surface area contributed by atoms with Crippen LogP contribution in [0.4, 0.5) is 9.18 Å². The van der Waals surface area contributed by atoms with Crippen molar-refractivity contribution in [2.24, 2.45) is 0 Å². The number of carbonyl (C=O) groups excluding carboxylic acids is 1. The number of nitrogens with one attached hydrogen (secondary N) is 1. The van der Waals surface area contributed by atoms with Crippen LogP contribution in [0.25, 0.3) is 17.0 Å². The third kappa shape index (κ3) is 4.20.